The van der Waals surface area contributed by atoms with Crippen molar-refractivity contribution < 1.29 is 14.5 Å². The number of benzene rings is 2. The number of nitro groups is 1. The van der Waals surface area contributed by atoms with Gasteiger partial charge in [0.15, 0.2) is 5.78 Å². The molecule has 0 atom stereocenters. The van der Waals surface area contributed by atoms with Gasteiger partial charge in [-0.2, -0.15) is 0 Å². The zero-order valence-electron chi connectivity index (χ0n) is 14.7. The predicted octanol–water partition coefficient (Wildman–Crippen LogP) is 3.41. The molecule has 0 aromatic heterocycles. The van der Waals surface area contributed by atoms with Crippen LogP contribution in [0.5, 0.6) is 0 Å². The number of carbonyl (C=O) groups is 2. The van der Waals surface area contributed by atoms with Crippen LogP contribution in [0.1, 0.15) is 27.6 Å². The van der Waals surface area contributed by atoms with Crippen LogP contribution in [0.2, 0.25) is 5.02 Å². The number of hydrogen-bond acceptors (Lipinski definition) is 5. The zero-order chi connectivity index (χ0) is 19.6. The smallest absolute Gasteiger partial charge is 0.288 e. The van der Waals surface area contributed by atoms with E-state index in [1.54, 1.807) is 17.0 Å². The lowest BCUT2D eigenvalue weighted by atomic mass is 10.1. The van der Waals surface area contributed by atoms with Crippen molar-refractivity contribution in [2.24, 2.45) is 0 Å². The molecule has 8 heteroatoms. The largest absolute Gasteiger partial charge is 0.368 e. The van der Waals surface area contributed by atoms with Gasteiger partial charge in [0.05, 0.1) is 4.92 Å². The quantitative estimate of drug-likeness (QED) is 0.456. The maximum absolute atomic E-state index is 12.7. The summed E-state index contributed by atoms with van der Waals surface area (Å²) in [6.45, 7) is 3.82. The van der Waals surface area contributed by atoms with Crippen molar-refractivity contribution in [2.75, 3.05) is 31.1 Å². The third kappa shape index (κ3) is 4.09. The number of anilines is 1. The molecule has 1 aliphatic rings. The summed E-state index contributed by atoms with van der Waals surface area (Å²) in [7, 11) is 0. The second-order valence-electron chi connectivity index (χ2n) is 6.31. The minimum Gasteiger partial charge on any atom is -0.368 e. The molecular formula is C19H18ClN3O4. The Bertz CT molecular complexity index is 890. The van der Waals surface area contributed by atoms with E-state index in [1.807, 2.05) is 12.1 Å². The van der Waals surface area contributed by atoms with Gasteiger partial charge in [-0.25, -0.2) is 0 Å². The lowest BCUT2D eigenvalue weighted by Crippen LogP contribution is -2.48. The first-order valence-corrected chi connectivity index (χ1v) is 8.84. The van der Waals surface area contributed by atoms with Crippen LogP contribution in [0.25, 0.3) is 0 Å². The molecule has 140 valence electrons. The Kier molecular flexibility index (Phi) is 5.41. The highest BCUT2D eigenvalue weighted by Crippen LogP contribution is 2.26. The third-order valence-corrected chi connectivity index (χ3v) is 4.92. The van der Waals surface area contributed by atoms with Gasteiger partial charge in [0.1, 0.15) is 5.02 Å². The Morgan fingerprint density at radius 2 is 1.59 bits per heavy atom. The monoisotopic (exact) mass is 387 g/mol. The number of halogens is 1. The van der Waals surface area contributed by atoms with Crippen LogP contribution in [-0.4, -0.2) is 47.7 Å². The normalized spacial score (nSPS) is 14.1. The fraction of sp³-hybridized carbons (Fsp3) is 0.263. The zero-order valence-corrected chi connectivity index (χ0v) is 15.5. The van der Waals surface area contributed by atoms with Crippen molar-refractivity contribution in [2.45, 2.75) is 6.92 Å². The standard InChI is InChI=1S/C19H18ClN3O4/c1-13(24)14-2-5-16(6-3-14)21-8-10-22(11-9-21)19(25)15-4-7-17(20)18(12-15)23(26)27/h2-7,12H,8-11H2,1H3. The van der Waals surface area contributed by atoms with Crippen molar-refractivity contribution in [3.8, 4) is 0 Å². The van der Waals surface area contributed by atoms with Gasteiger partial charge in [-0.3, -0.25) is 19.7 Å². The number of ketones is 1. The molecule has 0 bridgehead atoms. The Labute approximate surface area is 161 Å². The summed E-state index contributed by atoms with van der Waals surface area (Å²) in [4.78, 5) is 38.2. The second-order valence-corrected chi connectivity index (χ2v) is 6.71. The van der Waals surface area contributed by atoms with E-state index in [4.69, 9.17) is 11.6 Å². The molecule has 1 amide bonds. The average molecular weight is 388 g/mol. The molecular weight excluding hydrogens is 370 g/mol. The summed E-state index contributed by atoms with van der Waals surface area (Å²) >= 11 is 5.80. The van der Waals surface area contributed by atoms with E-state index in [0.717, 1.165) is 5.69 Å². The summed E-state index contributed by atoms with van der Waals surface area (Å²) in [5.74, 6) is -0.227. The van der Waals surface area contributed by atoms with E-state index in [1.165, 1.54) is 25.1 Å². The third-order valence-electron chi connectivity index (χ3n) is 4.60. The highest BCUT2D eigenvalue weighted by atomic mass is 35.5. The average Bonchev–Trinajstić information content (AvgIpc) is 2.68. The van der Waals surface area contributed by atoms with Gasteiger partial charge in [0.25, 0.3) is 11.6 Å². The molecule has 0 radical (unpaired) electrons. The first-order chi connectivity index (χ1) is 12.9. The number of Topliss-reactive ketones (excluding diaryl/α,β-unsaturated/α-hetero) is 1. The lowest BCUT2D eigenvalue weighted by molar-refractivity contribution is -0.384. The Morgan fingerprint density at radius 1 is 1.00 bits per heavy atom. The highest BCUT2D eigenvalue weighted by molar-refractivity contribution is 6.32. The molecule has 0 saturated carbocycles. The molecule has 1 fully saturated rings. The van der Waals surface area contributed by atoms with Gasteiger partial charge < -0.3 is 9.80 Å². The maximum atomic E-state index is 12.7. The van der Waals surface area contributed by atoms with Gasteiger partial charge in [0, 0.05) is 49.1 Å². The fourth-order valence-electron chi connectivity index (χ4n) is 3.04. The SMILES string of the molecule is CC(=O)c1ccc(N2CCN(C(=O)c3ccc(Cl)c([N+](=O)[O-])c3)CC2)cc1. The van der Waals surface area contributed by atoms with Crippen molar-refractivity contribution >= 4 is 34.7 Å². The fourth-order valence-corrected chi connectivity index (χ4v) is 3.23. The predicted molar refractivity (Wildman–Crippen MR) is 103 cm³/mol. The van der Waals surface area contributed by atoms with Crippen LogP contribution in [0.15, 0.2) is 42.5 Å². The molecule has 2 aromatic rings. The first-order valence-electron chi connectivity index (χ1n) is 8.46. The highest BCUT2D eigenvalue weighted by Gasteiger charge is 2.24. The van der Waals surface area contributed by atoms with Crippen LogP contribution in [-0.2, 0) is 0 Å². The number of nitro benzene ring substituents is 1. The van der Waals surface area contributed by atoms with E-state index in [-0.39, 0.29) is 28.0 Å². The minimum atomic E-state index is -0.595. The van der Waals surface area contributed by atoms with Crippen LogP contribution in [0, 0.1) is 10.1 Å². The molecule has 0 N–H and O–H groups in total. The van der Waals surface area contributed by atoms with Crippen molar-refractivity contribution in [1.29, 1.82) is 0 Å². The first kappa shape index (κ1) is 18.8. The van der Waals surface area contributed by atoms with Gasteiger partial charge >= 0.3 is 0 Å². The molecule has 3 rings (SSSR count). The molecule has 27 heavy (non-hydrogen) atoms. The number of rotatable bonds is 4. The van der Waals surface area contributed by atoms with Gasteiger partial charge in [0.2, 0.25) is 0 Å². The van der Waals surface area contributed by atoms with Gasteiger partial charge in [-0.1, -0.05) is 11.6 Å². The topological polar surface area (TPSA) is 83.8 Å². The Balaban J connectivity index is 1.66. The summed E-state index contributed by atoms with van der Waals surface area (Å²) < 4.78 is 0. The van der Waals surface area contributed by atoms with E-state index in [0.29, 0.717) is 31.7 Å². The van der Waals surface area contributed by atoms with E-state index in [2.05, 4.69) is 4.90 Å². The number of piperazine rings is 1. The minimum absolute atomic E-state index is 0.00961. The summed E-state index contributed by atoms with van der Waals surface area (Å²) in [6.07, 6.45) is 0. The summed E-state index contributed by atoms with van der Waals surface area (Å²) in [6, 6.07) is 11.5. The lowest BCUT2D eigenvalue weighted by Gasteiger charge is -2.36. The number of amides is 1. The molecule has 1 heterocycles. The number of nitrogens with zero attached hydrogens (tertiary/aromatic N) is 3. The number of carbonyl (C=O) groups excluding carboxylic acids is 2. The summed E-state index contributed by atoms with van der Waals surface area (Å²) in [5, 5.41) is 11.0. The summed E-state index contributed by atoms with van der Waals surface area (Å²) in [5.41, 5.74) is 1.64. The maximum Gasteiger partial charge on any atom is 0.288 e. The van der Waals surface area contributed by atoms with Crippen molar-refractivity contribution in [1.82, 2.24) is 4.90 Å². The molecule has 0 spiro atoms. The molecule has 7 nitrogen and oxygen atoms in total. The van der Waals surface area contributed by atoms with Crippen molar-refractivity contribution in [3.05, 3.63) is 68.7 Å². The van der Waals surface area contributed by atoms with Crippen LogP contribution < -0.4 is 4.90 Å². The van der Waals surface area contributed by atoms with Gasteiger partial charge in [-0.05, 0) is 43.3 Å². The molecule has 1 saturated heterocycles. The van der Waals surface area contributed by atoms with E-state index >= 15 is 0 Å². The van der Waals surface area contributed by atoms with Crippen LogP contribution in [0.3, 0.4) is 0 Å². The van der Waals surface area contributed by atoms with Crippen LogP contribution >= 0.6 is 11.6 Å². The van der Waals surface area contributed by atoms with E-state index in [9.17, 15) is 19.7 Å². The Morgan fingerprint density at radius 3 is 2.15 bits per heavy atom. The number of hydrogen-bond donors (Lipinski definition) is 0. The van der Waals surface area contributed by atoms with Crippen molar-refractivity contribution in [3.63, 3.8) is 0 Å². The van der Waals surface area contributed by atoms with Crippen LogP contribution in [0.4, 0.5) is 11.4 Å². The molecule has 0 aliphatic carbocycles. The molecule has 1 aliphatic heterocycles. The Hall–Kier alpha value is -2.93. The van der Waals surface area contributed by atoms with E-state index < -0.39 is 4.92 Å². The van der Waals surface area contributed by atoms with Gasteiger partial charge in [-0.15, -0.1) is 0 Å². The second kappa shape index (κ2) is 7.75. The molecule has 0 unspecified atom stereocenters. The molecule has 2 aromatic carbocycles.